The van der Waals surface area contributed by atoms with Crippen molar-refractivity contribution in [1.82, 2.24) is 20.3 Å². The van der Waals surface area contributed by atoms with E-state index < -0.39 is 5.97 Å². The zero-order valence-corrected chi connectivity index (χ0v) is 19.3. The van der Waals surface area contributed by atoms with Crippen LogP contribution in [0.15, 0.2) is 6.07 Å². The number of halogens is 2. The first-order chi connectivity index (χ1) is 15.4. The summed E-state index contributed by atoms with van der Waals surface area (Å²) in [5.74, 6) is 1.65. The number of piperidine rings is 1. The molecule has 0 bridgehead atoms. The second-order valence-electron chi connectivity index (χ2n) is 8.74. The molecule has 0 aromatic carbocycles. The number of hydrogen-bond acceptors (Lipinski definition) is 7. The van der Waals surface area contributed by atoms with Gasteiger partial charge in [0.05, 0.1) is 17.2 Å². The molecule has 3 atom stereocenters. The Balaban J connectivity index is 1.24. The summed E-state index contributed by atoms with van der Waals surface area (Å²) in [6.45, 7) is 4.03. The largest absolute Gasteiger partial charge is 0.464 e. The number of amides is 1. The number of aryl methyl sites for hydroxylation is 1. The zero-order valence-electron chi connectivity index (χ0n) is 17.7. The van der Waals surface area contributed by atoms with Crippen molar-refractivity contribution in [3.63, 3.8) is 0 Å². The quantitative estimate of drug-likeness (QED) is 0.524. The summed E-state index contributed by atoms with van der Waals surface area (Å²) in [5, 5.41) is 6.91. The maximum Gasteiger partial charge on any atom is 0.356 e. The summed E-state index contributed by atoms with van der Waals surface area (Å²) in [5.41, 5.74) is 1.19. The number of anilines is 2. The monoisotopic (exact) mass is 478 g/mol. The average molecular weight is 479 g/mol. The Kier molecular flexibility index (Phi) is 5.41. The standard InChI is InChI=1S/C21H24Cl2N6O3/c1-9-15(22)16(23)18(25-9)19(30)28-17-11-7-29(8-12(11)17)14-5-13(20(31)32-2)26-21(27-14)24-6-10-3-4-10/h5,10-12,17,25H,3-4,6-8H2,1-2H3,(H,28,30)(H,24,26,27)/t11-,12+,17-. The summed E-state index contributed by atoms with van der Waals surface area (Å²) < 4.78 is 4.85. The number of rotatable bonds is 7. The van der Waals surface area contributed by atoms with Gasteiger partial charge in [0.2, 0.25) is 5.95 Å². The molecule has 32 heavy (non-hydrogen) atoms. The number of H-pyrrole nitrogens is 1. The number of esters is 1. The number of aromatic nitrogens is 3. The van der Waals surface area contributed by atoms with Crippen LogP contribution in [0.25, 0.3) is 0 Å². The highest BCUT2D eigenvalue weighted by Crippen LogP contribution is 2.47. The van der Waals surface area contributed by atoms with Crippen molar-refractivity contribution in [3.05, 3.63) is 33.2 Å². The molecule has 170 valence electrons. The normalized spacial score (nSPS) is 23.6. The summed E-state index contributed by atoms with van der Waals surface area (Å²) in [4.78, 5) is 38.7. The molecule has 5 rings (SSSR count). The number of hydrogen-bond donors (Lipinski definition) is 3. The van der Waals surface area contributed by atoms with Gasteiger partial charge in [0, 0.05) is 49.3 Å². The van der Waals surface area contributed by atoms with Crippen LogP contribution in [0.4, 0.5) is 11.8 Å². The number of carbonyl (C=O) groups excluding carboxylic acids is 2. The number of ether oxygens (including phenoxy) is 1. The SMILES string of the molecule is COC(=O)c1cc(N2C[C@@H]3[C@H](C2)[C@@H]3NC(=O)c2[nH]c(C)c(Cl)c2Cl)nc(NCC2CC2)n1. The summed E-state index contributed by atoms with van der Waals surface area (Å²) in [6.07, 6.45) is 2.41. The van der Waals surface area contributed by atoms with Crippen LogP contribution >= 0.6 is 23.2 Å². The molecule has 11 heteroatoms. The maximum atomic E-state index is 12.6. The van der Waals surface area contributed by atoms with Gasteiger partial charge in [-0.05, 0) is 25.7 Å². The Hall–Kier alpha value is -2.52. The molecule has 0 radical (unpaired) electrons. The fourth-order valence-electron chi connectivity index (χ4n) is 4.32. The van der Waals surface area contributed by atoms with Crippen LogP contribution in [-0.4, -0.2) is 59.6 Å². The summed E-state index contributed by atoms with van der Waals surface area (Å²) in [6, 6.07) is 1.74. The highest BCUT2D eigenvalue weighted by atomic mass is 35.5. The molecule has 1 saturated heterocycles. The Morgan fingerprint density at radius 3 is 2.53 bits per heavy atom. The lowest BCUT2D eigenvalue weighted by Crippen LogP contribution is -2.35. The van der Waals surface area contributed by atoms with E-state index in [4.69, 9.17) is 27.9 Å². The van der Waals surface area contributed by atoms with Crippen LogP contribution in [0.3, 0.4) is 0 Å². The number of nitrogens with one attached hydrogen (secondary N) is 3. The molecule has 1 aliphatic heterocycles. The Morgan fingerprint density at radius 1 is 1.22 bits per heavy atom. The van der Waals surface area contributed by atoms with Crippen LogP contribution in [0.5, 0.6) is 0 Å². The van der Waals surface area contributed by atoms with E-state index in [2.05, 4.69) is 30.5 Å². The third kappa shape index (κ3) is 3.99. The van der Waals surface area contributed by atoms with Crippen molar-refractivity contribution in [1.29, 1.82) is 0 Å². The van der Waals surface area contributed by atoms with Gasteiger partial charge in [-0.15, -0.1) is 0 Å². The van der Waals surface area contributed by atoms with Crippen molar-refractivity contribution < 1.29 is 14.3 Å². The molecule has 2 aromatic rings. The van der Waals surface area contributed by atoms with Gasteiger partial charge >= 0.3 is 5.97 Å². The molecule has 2 aliphatic carbocycles. The smallest absolute Gasteiger partial charge is 0.356 e. The maximum absolute atomic E-state index is 12.6. The highest BCUT2D eigenvalue weighted by molar-refractivity contribution is 6.44. The van der Waals surface area contributed by atoms with E-state index in [1.54, 1.807) is 13.0 Å². The first-order valence-electron chi connectivity index (χ1n) is 10.7. The van der Waals surface area contributed by atoms with Crippen LogP contribution < -0.4 is 15.5 Å². The Bertz CT molecular complexity index is 1070. The van der Waals surface area contributed by atoms with Gasteiger partial charge in [0.15, 0.2) is 5.69 Å². The number of fused-ring (bicyclic) bond motifs is 1. The van der Waals surface area contributed by atoms with Gasteiger partial charge in [-0.1, -0.05) is 23.2 Å². The van der Waals surface area contributed by atoms with E-state index in [0.717, 1.165) is 19.6 Å². The molecular weight excluding hydrogens is 455 g/mol. The van der Waals surface area contributed by atoms with E-state index in [9.17, 15) is 9.59 Å². The Labute approximate surface area is 195 Å². The van der Waals surface area contributed by atoms with Crippen molar-refractivity contribution in [2.75, 3.05) is 37.0 Å². The lowest BCUT2D eigenvalue weighted by Gasteiger charge is -2.22. The first-order valence-corrected chi connectivity index (χ1v) is 11.4. The first kappa shape index (κ1) is 21.3. The number of methoxy groups -OCH3 is 1. The molecular formula is C21H24Cl2N6O3. The fraction of sp³-hybridized carbons (Fsp3) is 0.524. The molecule has 3 fully saturated rings. The van der Waals surface area contributed by atoms with E-state index in [-0.39, 0.29) is 22.7 Å². The number of nitrogens with zero attached hydrogens (tertiary/aromatic N) is 3. The summed E-state index contributed by atoms with van der Waals surface area (Å²) >= 11 is 12.2. The van der Waals surface area contributed by atoms with E-state index in [0.29, 0.717) is 45.9 Å². The van der Waals surface area contributed by atoms with Crippen molar-refractivity contribution in [2.45, 2.75) is 25.8 Å². The average Bonchev–Trinajstić information content (AvgIpc) is 3.67. The molecule has 1 amide bonds. The summed E-state index contributed by atoms with van der Waals surface area (Å²) in [7, 11) is 1.34. The molecule has 3 aliphatic rings. The second kappa shape index (κ2) is 8.12. The molecule has 0 unspecified atom stereocenters. The minimum atomic E-state index is -0.491. The fourth-order valence-corrected chi connectivity index (χ4v) is 4.74. The van der Waals surface area contributed by atoms with Gasteiger partial charge in [0.1, 0.15) is 11.5 Å². The van der Waals surface area contributed by atoms with E-state index in [1.807, 2.05) is 0 Å². The van der Waals surface area contributed by atoms with E-state index in [1.165, 1.54) is 20.0 Å². The number of carbonyl (C=O) groups is 2. The van der Waals surface area contributed by atoms with Gasteiger partial charge in [-0.3, -0.25) is 4.79 Å². The third-order valence-electron chi connectivity index (χ3n) is 6.45. The molecule has 2 saturated carbocycles. The lowest BCUT2D eigenvalue weighted by atomic mass is 10.3. The molecule has 3 heterocycles. The predicted octanol–water partition coefficient (Wildman–Crippen LogP) is 2.89. The minimum absolute atomic E-state index is 0.0755. The topological polar surface area (TPSA) is 112 Å². The third-order valence-corrected chi connectivity index (χ3v) is 7.40. The van der Waals surface area contributed by atoms with Crippen LogP contribution in [0.1, 0.15) is 39.5 Å². The van der Waals surface area contributed by atoms with Crippen LogP contribution in [-0.2, 0) is 4.74 Å². The second-order valence-corrected chi connectivity index (χ2v) is 9.49. The number of aromatic amines is 1. The van der Waals surface area contributed by atoms with Crippen LogP contribution in [0.2, 0.25) is 10.0 Å². The van der Waals surface area contributed by atoms with Crippen molar-refractivity contribution >= 4 is 46.8 Å². The molecule has 3 N–H and O–H groups in total. The zero-order chi connectivity index (χ0) is 22.6. The Morgan fingerprint density at radius 2 is 1.94 bits per heavy atom. The molecule has 2 aromatic heterocycles. The minimum Gasteiger partial charge on any atom is -0.464 e. The van der Waals surface area contributed by atoms with Gasteiger partial charge in [-0.25, -0.2) is 9.78 Å². The van der Waals surface area contributed by atoms with Crippen molar-refractivity contribution in [3.8, 4) is 0 Å². The van der Waals surface area contributed by atoms with Crippen molar-refractivity contribution in [2.24, 2.45) is 17.8 Å². The van der Waals surface area contributed by atoms with Gasteiger partial charge < -0.3 is 25.3 Å². The lowest BCUT2D eigenvalue weighted by molar-refractivity contribution is 0.0594. The highest BCUT2D eigenvalue weighted by Gasteiger charge is 2.57. The van der Waals surface area contributed by atoms with Gasteiger partial charge in [0.25, 0.3) is 5.91 Å². The molecule has 9 nitrogen and oxygen atoms in total. The van der Waals surface area contributed by atoms with Crippen LogP contribution in [0, 0.1) is 24.7 Å². The van der Waals surface area contributed by atoms with E-state index >= 15 is 0 Å². The molecule has 0 spiro atoms. The predicted molar refractivity (Wildman–Crippen MR) is 121 cm³/mol. The van der Waals surface area contributed by atoms with Gasteiger partial charge in [-0.2, -0.15) is 4.98 Å².